The Morgan fingerprint density at radius 2 is 1.96 bits per heavy atom. The third-order valence-electron chi connectivity index (χ3n) is 3.90. The van der Waals surface area contributed by atoms with Crippen molar-refractivity contribution in [2.45, 2.75) is 46.8 Å². The quantitative estimate of drug-likeness (QED) is 0.662. The van der Waals surface area contributed by atoms with Gasteiger partial charge in [-0.3, -0.25) is 4.79 Å². The van der Waals surface area contributed by atoms with Crippen molar-refractivity contribution in [1.29, 1.82) is 0 Å². The number of para-hydroxylation sites is 1. The van der Waals surface area contributed by atoms with Crippen LogP contribution in [0.1, 0.15) is 48.8 Å². The van der Waals surface area contributed by atoms with E-state index in [2.05, 4.69) is 10.3 Å². The topological polar surface area (TPSA) is 77.5 Å². The summed E-state index contributed by atoms with van der Waals surface area (Å²) in [4.78, 5) is 29.6. The van der Waals surface area contributed by atoms with Gasteiger partial charge in [-0.05, 0) is 31.4 Å². The van der Waals surface area contributed by atoms with E-state index in [-0.39, 0.29) is 18.4 Å². The van der Waals surface area contributed by atoms with Crippen molar-refractivity contribution in [3.63, 3.8) is 0 Å². The summed E-state index contributed by atoms with van der Waals surface area (Å²) < 4.78 is 10.9. The number of hydrogen-bond donors (Lipinski definition) is 1. The Morgan fingerprint density at radius 3 is 2.59 bits per heavy atom. The van der Waals surface area contributed by atoms with E-state index in [9.17, 15) is 9.59 Å². The first-order valence-corrected chi connectivity index (χ1v) is 9.96. The number of nitrogens with zero attached hydrogens (tertiary/aromatic N) is 1. The minimum absolute atomic E-state index is 0.101. The number of aryl methyl sites for hydroxylation is 1. The average Bonchev–Trinajstić information content (AvgIpc) is 3.12. The van der Waals surface area contributed by atoms with Crippen molar-refractivity contribution in [2.24, 2.45) is 5.92 Å². The summed E-state index contributed by atoms with van der Waals surface area (Å²) in [5, 5.41) is 5.66. The van der Waals surface area contributed by atoms with Crippen molar-refractivity contribution >= 4 is 23.2 Å². The Kier molecular flexibility index (Phi) is 7.79. The molecule has 6 nitrogen and oxygen atoms in total. The molecule has 0 bridgehead atoms. The van der Waals surface area contributed by atoms with E-state index in [1.807, 2.05) is 33.1 Å². The fourth-order valence-corrected chi connectivity index (χ4v) is 3.19. The molecule has 0 fully saturated rings. The molecule has 1 heterocycles. The number of carbonyl (C=O) groups excluding carboxylic acids is 2. The number of hydrogen-bond acceptors (Lipinski definition) is 6. The van der Waals surface area contributed by atoms with Crippen LogP contribution in [0.3, 0.4) is 0 Å². The van der Waals surface area contributed by atoms with E-state index >= 15 is 0 Å². The average molecular weight is 391 g/mol. The van der Waals surface area contributed by atoms with Gasteiger partial charge < -0.3 is 14.8 Å². The molecule has 0 spiro atoms. The predicted octanol–water partition coefficient (Wildman–Crippen LogP) is 3.60. The molecule has 0 aliphatic heterocycles. The summed E-state index contributed by atoms with van der Waals surface area (Å²) >= 11 is 1.54. The molecule has 146 valence electrons. The summed E-state index contributed by atoms with van der Waals surface area (Å²) in [6, 6.07) is 6.21. The number of amides is 1. The third-order valence-corrected chi connectivity index (χ3v) is 4.94. The normalized spacial score (nSPS) is 11.9. The molecule has 2 rings (SSSR count). The van der Waals surface area contributed by atoms with Gasteiger partial charge in [-0.1, -0.05) is 32.9 Å². The van der Waals surface area contributed by atoms with Crippen LogP contribution in [0.5, 0.6) is 5.75 Å². The molecule has 27 heavy (non-hydrogen) atoms. The number of benzene rings is 1. The number of nitrogens with one attached hydrogen (secondary N) is 1. The fourth-order valence-electron chi connectivity index (χ4n) is 2.46. The summed E-state index contributed by atoms with van der Waals surface area (Å²) in [6.45, 7) is 8.15. The largest absolute Gasteiger partial charge is 0.493 e. The van der Waals surface area contributed by atoms with E-state index < -0.39 is 12.0 Å². The highest BCUT2D eigenvalue weighted by molar-refractivity contribution is 7.09. The maximum Gasteiger partial charge on any atom is 0.329 e. The molecular formula is C20H26N2O4S. The summed E-state index contributed by atoms with van der Waals surface area (Å²) in [5.41, 5.74) is 1.12. The van der Waals surface area contributed by atoms with Crippen molar-refractivity contribution in [2.75, 3.05) is 6.61 Å². The smallest absolute Gasteiger partial charge is 0.329 e. The van der Waals surface area contributed by atoms with Gasteiger partial charge in [0.2, 0.25) is 0 Å². The fraction of sp³-hybridized carbons (Fsp3) is 0.450. The molecule has 1 amide bonds. The number of rotatable bonds is 9. The van der Waals surface area contributed by atoms with Gasteiger partial charge in [0, 0.05) is 5.38 Å². The van der Waals surface area contributed by atoms with Crippen molar-refractivity contribution in [3.05, 3.63) is 45.9 Å². The first-order chi connectivity index (χ1) is 13.0. The maximum atomic E-state index is 12.7. The molecule has 2 aromatic rings. The zero-order valence-electron chi connectivity index (χ0n) is 16.2. The standard InChI is InChI=1S/C20H26N2O4S/c1-5-17-21-14(12-27-17)11-26-20(24)18(13(3)4)22-19(23)15-9-7-8-10-16(15)25-6-2/h7-10,12-13,18H,5-6,11H2,1-4H3,(H,22,23)/t18-/m0/s1. The summed E-state index contributed by atoms with van der Waals surface area (Å²) in [5.74, 6) is -0.472. The van der Waals surface area contributed by atoms with Gasteiger partial charge >= 0.3 is 5.97 Å². The Balaban J connectivity index is 2.03. The zero-order chi connectivity index (χ0) is 19.8. The van der Waals surface area contributed by atoms with E-state index in [4.69, 9.17) is 9.47 Å². The second kappa shape index (κ2) is 10.1. The lowest BCUT2D eigenvalue weighted by Gasteiger charge is -2.21. The lowest BCUT2D eigenvalue weighted by Crippen LogP contribution is -2.45. The van der Waals surface area contributed by atoms with E-state index in [0.29, 0.717) is 17.9 Å². The molecule has 0 saturated heterocycles. The van der Waals surface area contributed by atoms with Crippen LogP contribution in [0.15, 0.2) is 29.6 Å². The first-order valence-electron chi connectivity index (χ1n) is 9.08. The molecule has 1 N–H and O–H groups in total. The maximum absolute atomic E-state index is 12.7. The number of thiazole rings is 1. The monoisotopic (exact) mass is 390 g/mol. The summed E-state index contributed by atoms with van der Waals surface area (Å²) in [7, 11) is 0. The van der Waals surface area contributed by atoms with Crippen LogP contribution in [0.2, 0.25) is 0 Å². The van der Waals surface area contributed by atoms with Gasteiger partial charge in [0.05, 0.1) is 22.9 Å². The Bertz CT molecular complexity index is 773. The number of ether oxygens (including phenoxy) is 2. The number of esters is 1. The molecule has 0 unspecified atom stereocenters. The minimum Gasteiger partial charge on any atom is -0.493 e. The molecule has 0 aliphatic carbocycles. The highest BCUT2D eigenvalue weighted by Gasteiger charge is 2.27. The highest BCUT2D eigenvalue weighted by atomic mass is 32.1. The van der Waals surface area contributed by atoms with Crippen LogP contribution >= 0.6 is 11.3 Å². The van der Waals surface area contributed by atoms with Crippen LogP contribution in [0.25, 0.3) is 0 Å². The molecule has 1 aromatic carbocycles. The Hall–Kier alpha value is -2.41. The second-order valence-electron chi connectivity index (χ2n) is 6.32. The lowest BCUT2D eigenvalue weighted by atomic mass is 10.0. The Labute approximate surface area is 163 Å². The lowest BCUT2D eigenvalue weighted by molar-refractivity contribution is -0.148. The van der Waals surface area contributed by atoms with Crippen LogP contribution in [-0.2, 0) is 22.6 Å². The molecular weight excluding hydrogens is 364 g/mol. The van der Waals surface area contributed by atoms with Gasteiger partial charge in [-0.15, -0.1) is 11.3 Å². The van der Waals surface area contributed by atoms with Crippen molar-refractivity contribution in [3.8, 4) is 5.75 Å². The van der Waals surface area contributed by atoms with Gasteiger partial charge in [-0.25, -0.2) is 9.78 Å². The summed E-state index contributed by atoms with van der Waals surface area (Å²) in [6.07, 6.45) is 0.850. The van der Waals surface area contributed by atoms with Crippen molar-refractivity contribution < 1.29 is 19.1 Å². The van der Waals surface area contributed by atoms with E-state index in [1.54, 1.807) is 35.6 Å². The van der Waals surface area contributed by atoms with Crippen LogP contribution in [0.4, 0.5) is 0 Å². The third kappa shape index (κ3) is 5.79. The van der Waals surface area contributed by atoms with Gasteiger partial charge in [-0.2, -0.15) is 0 Å². The molecule has 1 atom stereocenters. The molecule has 0 aliphatic rings. The van der Waals surface area contributed by atoms with Gasteiger partial charge in [0.15, 0.2) is 0 Å². The highest BCUT2D eigenvalue weighted by Crippen LogP contribution is 2.19. The predicted molar refractivity (Wildman–Crippen MR) is 105 cm³/mol. The first kappa shape index (κ1) is 20.9. The number of aromatic nitrogens is 1. The van der Waals surface area contributed by atoms with E-state index in [1.165, 1.54) is 0 Å². The van der Waals surface area contributed by atoms with Gasteiger partial charge in [0.1, 0.15) is 18.4 Å². The van der Waals surface area contributed by atoms with Crippen molar-refractivity contribution in [1.82, 2.24) is 10.3 Å². The van der Waals surface area contributed by atoms with Crippen LogP contribution in [0, 0.1) is 5.92 Å². The van der Waals surface area contributed by atoms with Crippen LogP contribution in [-0.4, -0.2) is 29.5 Å². The minimum atomic E-state index is -0.753. The molecule has 1 aromatic heterocycles. The Morgan fingerprint density at radius 1 is 1.22 bits per heavy atom. The molecule has 0 radical (unpaired) electrons. The zero-order valence-corrected chi connectivity index (χ0v) is 17.0. The number of carbonyl (C=O) groups is 2. The van der Waals surface area contributed by atoms with Crippen LogP contribution < -0.4 is 10.1 Å². The SMILES string of the molecule is CCOc1ccccc1C(=O)N[C@H](C(=O)OCc1csc(CC)n1)C(C)C. The molecule has 7 heteroatoms. The van der Waals surface area contributed by atoms with E-state index in [0.717, 1.165) is 17.1 Å². The molecule has 0 saturated carbocycles. The van der Waals surface area contributed by atoms with Gasteiger partial charge in [0.25, 0.3) is 5.91 Å². The second-order valence-corrected chi connectivity index (χ2v) is 7.26.